The largest absolute Gasteiger partial charge is 0.366 e. The first-order chi connectivity index (χ1) is 15.7. The number of hydrogen-bond donors (Lipinski definition) is 0. The van der Waals surface area contributed by atoms with Crippen molar-refractivity contribution in [3.05, 3.63) is 85.8 Å². The minimum atomic E-state index is -4.08. The van der Waals surface area contributed by atoms with Crippen molar-refractivity contribution in [2.24, 2.45) is 0 Å². The number of aryl methyl sites for hydroxylation is 1. The van der Waals surface area contributed by atoms with Crippen molar-refractivity contribution in [1.29, 1.82) is 0 Å². The Morgan fingerprint density at radius 3 is 2.33 bits per heavy atom. The standard InChI is InChI=1S/C21H20ClN5O5S/c1-15-6-5-9-17(27(29)30)20(15)33(31,32)25-12-10-24(11-13-25)18-14-23-26(21(28)19(18)22)16-7-3-2-4-8-16/h2-9,14H,10-13H2,1H3. The highest BCUT2D eigenvalue weighted by molar-refractivity contribution is 7.89. The van der Waals surface area contributed by atoms with Crippen LogP contribution in [0.3, 0.4) is 0 Å². The predicted octanol–water partition coefficient (Wildman–Crippen LogP) is 2.61. The Kier molecular flexibility index (Phi) is 6.19. The van der Waals surface area contributed by atoms with Crippen LogP contribution < -0.4 is 10.5 Å². The van der Waals surface area contributed by atoms with Crippen molar-refractivity contribution in [3.63, 3.8) is 0 Å². The third-order valence-electron chi connectivity index (χ3n) is 5.47. The van der Waals surface area contributed by atoms with Crippen LogP contribution in [0.1, 0.15) is 5.56 Å². The second-order valence-corrected chi connectivity index (χ2v) is 9.72. The third kappa shape index (κ3) is 4.22. The summed E-state index contributed by atoms with van der Waals surface area (Å²) in [6.45, 7) is 2.17. The summed E-state index contributed by atoms with van der Waals surface area (Å²) < 4.78 is 28.8. The van der Waals surface area contributed by atoms with Gasteiger partial charge in [0.1, 0.15) is 5.02 Å². The van der Waals surface area contributed by atoms with Crippen molar-refractivity contribution < 1.29 is 13.3 Å². The first kappa shape index (κ1) is 22.9. The van der Waals surface area contributed by atoms with Crippen LogP contribution in [-0.2, 0) is 10.0 Å². The monoisotopic (exact) mass is 489 g/mol. The second kappa shape index (κ2) is 8.93. The molecule has 1 aromatic heterocycles. The van der Waals surface area contributed by atoms with Gasteiger partial charge >= 0.3 is 0 Å². The Morgan fingerprint density at radius 2 is 1.70 bits per heavy atom. The lowest BCUT2D eigenvalue weighted by Gasteiger charge is -2.35. The van der Waals surface area contributed by atoms with E-state index < -0.39 is 26.2 Å². The minimum absolute atomic E-state index is 0.0142. The van der Waals surface area contributed by atoms with Crippen molar-refractivity contribution in [3.8, 4) is 5.69 Å². The molecule has 12 heteroatoms. The first-order valence-electron chi connectivity index (χ1n) is 10.0. The fraction of sp³-hybridized carbons (Fsp3) is 0.238. The number of nitrogens with zero attached hydrogens (tertiary/aromatic N) is 5. The van der Waals surface area contributed by atoms with E-state index in [-0.39, 0.29) is 36.1 Å². The minimum Gasteiger partial charge on any atom is -0.366 e. The number of nitro benzene ring substituents is 1. The molecule has 0 radical (unpaired) electrons. The van der Waals surface area contributed by atoms with Crippen molar-refractivity contribution >= 4 is 33.0 Å². The molecule has 172 valence electrons. The van der Waals surface area contributed by atoms with E-state index in [0.717, 1.165) is 0 Å². The van der Waals surface area contributed by atoms with Crippen LogP contribution in [0.4, 0.5) is 11.4 Å². The molecule has 0 saturated carbocycles. The van der Waals surface area contributed by atoms with Crippen LogP contribution in [0, 0.1) is 17.0 Å². The van der Waals surface area contributed by atoms with E-state index in [1.54, 1.807) is 29.2 Å². The zero-order chi connectivity index (χ0) is 23.8. The summed E-state index contributed by atoms with van der Waals surface area (Å²) in [7, 11) is -4.08. The summed E-state index contributed by atoms with van der Waals surface area (Å²) in [6.07, 6.45) is 1.48. The van der Waals surface area contributed by atoms with E-state index in [9.17, 15) is 23.3 Å². The summed E-state index contributed by atoms with van der Waals surface area (Å²) in [6, 6.07) is 13.0. The molecule has 10 nitrogen and oxygen atoms in total. The summed E-state index contributed by atoms with van der Waals surface area (Å²) in [5.74, 6) is 0. The fourth-order valence-corrected chi connectivity index (χ4v) is 5.84. The number of rotatable bonds is 5. The zero-order valence-corrected chi connectivity index (χ0v) is 19.2. The summed E-state index contributed by atoms with van der Waals surface area (Å²) in [4.78, 5) is 24.9. The van der Waals surface area contributed by atoms with E-state index in [4.69, 9.17) is 11.6 Å². The van der Waals surface area contributed by atoms with E-state index >= 15 is 0 Å². The Bertz CT molecular complexity index is 1370. The van der Waals surface area contributed by atoms with Gasteiger partial charge in [0.25, 0.3) is 11.2 Å². The third-order valence-corrected chi connectivity index (χ3v) is 7.91. The van der Waals surface area contributed by atoms with Gasteiger partial charge < -0.3 is 4.90 Å². The molecule has 33 heavy (non-hydrogen) atoms. The summed E-state index contributed by atoms with van der Waals surface area (Å²) in [5, 5.41) is 15.6. The van der Waals surface area contributed by atoms with Gasteiger partial charge in [0.15, 0.2) is 4.90 Å². The zero-order valence-electron chi connectivity index (χ0n) is 17.6. The van der Waals surface area contributed by atoms with Gasteiger partial charge in [-0.15, -0.1) is 0 Å². The molecule has 1 aliphatic rings. The van der Waals surface area contributed by atoms with Gasteiger partial charge in [0.05, 0.1) is 22.5 Å². The molecule has 0 unspecified atom stereocenters. The Hall–Kier alpha value is -3.28. The molecule has 4 rings (SSSR count). The van der Waals surface area contributed by atoms with Gasteiger partial charge in [-0.05, 0) is 24.6 Å². The highest BCUT2D eigenvalue weighted by Gasteiger charge is 2.35. The molecule has 0 N–H and O–H groups in total. The maximum Gasteiger partial charge on any atom is 0.292 e. The Labute approximate surface area is 194 Å². The molecule has 0 amide bonds. The van der Waals surface area contributed by atoms with Crippen LogP contribution in [0.5, 0.6) is 0 Å². The van der Waals surface area contributed by atoms with Crippen molar-refractivity contribution in [2.45, 2.75) is 11.8 Å². The topological polar surface area (TPSA) is 119 Å². The van der Waals surface area contributed by atoms with Crippen molar-refractivity contribution in [1.82, 2.24) is 14.1 Å². The highest BCUT2D eigenvalue weighted by atomic mass is 35.5. The molecule has 1 aliphatic heterocycles. The molecule has 1 saturated heterocycles. The van der Waals surface area contributed by atoms with Crippen LogP contribution in [0.2, 0.25) is 5.02 Å². The van der Waals surface area contributed by atoms with Crippen LogP contribution >= 0.6 is 11.6 Å². The number of halogens is 1. The number of anilines is 1. The smallest absolute Gasteiger partial charge is 0.292 e. The Balaban J connectivity index is 1.57. The number of piperazine rings is 1. The van der Waals surface area contributed by atoms with Gasteiger partial charge in [-0.3, -0.25) is 14.9 Å². The van der Waals surface area contributed by atoms with E-state index in [1.807, 2.05) is 6.07 Å². The lowest BCUT2D eigenvalue weighted by Crippen LogP contribution is -2.49. The highest BCUT2D eigenvalue weighted by Crippen LogP contribution is 2.31. The SMILES string of the molecule is Cc1cccc([N+](=O)[O-])c1S(=O)(=O)N1CCN(c2cnn(-c3ccccc3)c(=O)c2Cl)CC1. The van der Waals surface area contributed by atoms with E-state index in [1.165, 1.54) is 40.3 Å². The van der Waals surface area contributed by atoms with Gasteiger partial charge in [-0.25, -0.2) is 8.42 Å². The maximum atomic E-state index is 13.2. The molecular formula is C21H20ClN5O5S. The number of sulfonamides is 1. The van der Waals surface area contributed by atoms with Gasteiger partial charge in [-0.2, -0.15) is 14.1 Å². The maximum absolute atomic E-state index is 13.2. The summed E-state index contributed by atoms with van der Waals surface area (Å²) in [5.41, 5.74) is 0.364. The number of hydrogen-bond acceptors (Lipinski definition) is 7. The summed E-state index contributed by atoms with van der Waals surface area (Å²) >= 11 is 6.36. The molecule has 0 spiro atoms. The Morgan fingerprint density at radius 1 is 1.03 bits per heavy atom. The molecule has 0 atom stereocenters. The van der Waals surface area contributed by atoms with Gasteiger partial charge in [-0.1, -0.05) is 41.9 Å². The predicted molar refractivity (Wildman–Crippen MR) is 124 cm³/mol. The molecular weight excluding hydrogens is 470 g/mol. The normalized spacial score (nSPS) is 14.9. The fourth-order valence-electron chi connectivity index (χ4n) is 3.81. The first-order valence-corrected chi connectivity index (χ1v) is 11.9. The lowest BCUT2D eigenvalue weighted by atomic mass is 10.2. The average Bonchev–Trinajstić information content (AvgIpc) is 2.81. The number of para-hydroxylation sites is 1. The van der Waals surface area contributed by atoms with Crippen LogP contribution in [0.15, 0.2) is 64.4 Å². The van der Waals surface area contributed by atoms with E-state index in [0.29, 0.717) is 16.9 Å². The molecule has 0 aliphatic carbocycles. The van der Waals surface area contributed by atoms with E-state index in [2.05, 4.69) is 5.10 Å². The van der Waals surface area contributed by atoms with Crippen LogP contribution in [-0.4, -0.2) is 53.6 Å². The molecule has 2 heterocycles. The van der Waals surface area contributed by atoms with Gasteiger partial charge in [0.2, 0.25) is 10.0 Å². The average molecular weight is 490 g/mol. The molecule has 0 bridgehead atoms. The molecule has 2 aromatic carbocycles. The lowest BCUT2D eigenvalue weighted by molar-refractivity contribution is -0.387. The quantitative estimate of drug-likeness (QED) is 0.399. The second-order valence-electron chi connectivity index (χ2n) is 7.47. The van der Waals surface area contributed by atoms with Crippen molar-refractivity contribution in [2.75, 3.05) is 31.1 Å². The van der Waals surface area contributed by atoms with Gasteiger partial charge in [0, 0.05) is 32.2 Å². The number of aromatic nitrogens is 2. The molecule has 3 aromatic rings. The van der Waals surface area contributed by atoms with Crippen LogP contribution in [0.25, 0.3) is 5.69 Å². The number of benzene rings is 2. The molecule has 1 fully saturated rings. The number of nitro groups is 1.